The number of hydrogen-bond acceptors (Lipinski definition) is 4. The minimum Gasteiger partial charge on any atom is -0.367 e. The number of hydrogen-bond donors (Lipinski definition) is 1. The van der Waals surface area contributed by atoms with Crippen molar-refractivity contribution in [3.8, 4) is 0 Å². The van der Waals surface area contributed by atoms with E-state index in [0.717, 1.165) is 49.6 Å². The number of piperidine rings is 1. The maximum Gasteiger partial charge on any atom is 0.230 e. The van der Waals surface area contributed by atoms with Crippen molar-refractivity contribution in [3.63, 3.8) is 0 Å². The summed E-state index contributed by atoms with van der Waals surface area (Å²) in [5.41, 5.74) is 1.12. The molecule has 132 valence electrons. The maximum absolute atomic E-state index is 12.9. The van der Waals surface area contributed by atoms with Crippen LogP contribution < -0.4 is 5.32 Å². The lowest BCUT2D eigenvalue weighted by atomic mass is 9.93. The van der Waals surface area contributed by atoms with Crippen LogP contribution in [0, 0.1) is 6.92 Å². The molecule has 0 radical (unpaired) electrons. The van der Waals surface area contributed by atoms with Crippen LogP contribution in [0.25, 0.3) is 0 Å². The van der Waals surface area contributed by atoms with Gasteiger partial charge in [-0.05, 0) is 37.8 Å². The highest BCUT2D eigenvalue weighted by molar-refractivity contribution is 5.83. The van der Waals surface area contributed by atoms with E-state index >= 15 is 0 Å². The second-order valence-electron chi connectivity index (χ2n) is 6.60. The van der Waals surface area contributed by atoms with Crippen LogP contribution in [-0.2, 0) is 4.79 Å². The van der Waals surface area contributed by atoms with E-state index in [1.165, 1.54) is 0 Å². The van der Waals surface area contributed by atoms with Crippen LogP contribution in [0.1, 0.15) is 43.5 Å². The minimum atomic E-state index is -0.0322. The molecular formula is C20H26N4O. The van der Waals surface area contributed by atoms with Gasteiger partial charge in [-0.2, -0.15) is 0 Å². The van der Waals surface area contributed by atoms with Crippen molar-refractivity contribution in [3.05, 3.63) is 54.0 Å². The number of aryl methyl sites for hydroxylation is 1. The summed E-state index contributed by atoms with van der Waals surface area (Å²) in [7, 11) is 0. The minimum absolute atomic E-state index is 0.0322. The molecule has 0 spiro atoms. The lowest BCUT2D eigenvalue weighted by Gasteiger charge is -2.34. The molecule has 1 fully saturated rings. The molecule has 2 heterocycles. The normalized spacial score (nSPS) is 16.5. The predicted molar refractivity (Wildman–Crippen MR) is 99.5 cm³/mol. The highest BCUT2D eigenvalue weighted by atomic mass is 16.2. The van der Waals surface area contributed by atoms with Crippen molar-refractivity contribution in [1.82, 2.24) is 14.9 Å². The van der Waals surface area contributed by atoms with E-state index in [1.807, 2.05) is 36.1 Å². The molecule has 0 saturated carbocycles. The smallest absolute Gasteiger partial charge is 0.230 e. The molecule has 25 heavy (non-hydrogen) atoms. The Morgan fingerprint density at radius 1 is 1.24 bits per heavy atom. The fraction of sp³-hybridized carbons (Fsp3) is 0.450. The third-order valence-electron chi connectivity index (χ3n) is 4.84. The average molecular weight is 338 g/mol. The van der Waals surface area contributed by atoms with Gasteiger partial charge in [0, 0.05) is 25.3 Å². The Labute approximate surface area is 149 Å². The average Bonchev–Trinajstić information content (AvgIpc) is 2.64. The van der Waals surface area contributed by atoms with E-state index in [9.17, 15) is 4.79 Å². The summed E-state index contributed by atoms with van der Waals surface area (Å²) >= 11 is 0. The highest BCUT2D eigenvalue weighted by Crippen LogP contribution is 2.24. The summed E-state index contributed by atoms with van der Waals surface area (Å²) in [4.78, 5) is 23.5. The van der Waals surface area contributed by atoms with E-state index in [4.69, 9.17) is 0 Å². The number of benzene rings is 1. The van der Waals surface area contributed by atoms with Crippen molar-refractivity contribution in [1.29, 1.82) is 0 Å². The van der Waals surface area contributed by atoms with Gasteiger partial charge < -0.3 is 10.2 Å². The zero-order valence-corrected chi connectivity index (χ0v) is 15.0. The largest absolute Gasteiger partial charge is 0.367 e. The maximum atomic E-state index is 12.9. The predicted octanol–water partition coefficient (Wildman–Crippen LogP) is 3.38. The van der Waals surface area contributed by atoms with Gasteiger partial charge in [0.05, 0.1) is 5.92 Å². The Morgan fingerprint density at radius 2 is 1.96 bits per heavy atom. The van der Waals surface area contributed by atoms with E-state index in [1.54, 1.807) is 6.20 Å². The molecular weight excluding hydrogens is 312 g/mol. The van der Waals surface area contributed by atoms with Gasteiger partial charge in [-0.1, -0.05) is 37.3 Å². The molecule has 1 N–H and O–H groups in total. The molecule has 1 aromatic carbocycles. The summed E-state index contributed by atoms with van der Waals surface area (Å²) < 4.78 is 0. The van der Waals surface area contributed by atoms with Gasteiger partial charge in [0.15, 0.2) is 0 Å². The first-order valence-electron chi connectivity index (χ1n) is 9.07. The van der Waals surface area contributed by atoms with Crippen LogP contribution >= 0.6 is 0 Å². The van der Waals surface area contributed by atoms with Gasteiger partial charge in [-0.25, -0.2) is 9.97 Å². The zero-order chi connectivity index (χ0) is 17.6. The summed E-state index contributed by atoms with van der Waals surface area (Å²) in [5.74, 6) is 1.86. The lowest BCUT2D eigenvalue weighted by molar-refractivity contribution is -0.133. The van der Waals surface area contributed by atoms with Gasteiger partial charge >= 0.3 is 0 Å². The van der Waals surface area contributed by atoms with Gasteiger partial charge in [0.25, 0.3) is 0 Å². The number of carbonyl (C=O) groups excluding carboxylic acids is 1. The molecule has 3 rings (SSSR count). The second-order valence-corrected chi connectivity index (χ2v) is 6.60. The van der Waals surface area contributed by atoms with Crippen LogP contribution in [0.5, 0.6) is 0 Å². The number of amides is 1. The van der Waals surface area contributed by atoms with E-state index < -0.39 is 0 Å². The molecule has 1 aliphatic heterocycles. The summed E-state index contributed by atoms with van der Waals surface area (Å²) in [6.45, 7) is 5.57. The van der Waals surface area contributed by atoms with E-state index in [-0.39, 0.29) is 11.8 Å². The molecule has 1 atom stereocenters. The molecule has 5 nitrogen and oxygen atoms in total. The number of carbonyl (C=O) groups is 1. The number of nitrogens with zero attached hydrogens (tertiary/aromatic N) is 3. The van der Waals surface area contributed by atoms with Gasteiger partial charge in [0.1, 0.15) is 11.6 Å². The van der Waals surface area contributed by atoms with E-state index in [0.29, 0.717) is 6.04 Å². The first kappa shape index (κ1) is 17.4. The SMILES string of the molecule is CC[C@H](C(=O)N1CCC(Nc2ccnc(C)n2)CC1)c1ccccc1. The molecule has 1 amide bonds. The Kier molecular flexibility index (Phi) is 5.64. The molecule has 5 heteroatoms. The van der Waals surface area contributed by atoms with E-state index in [2.05, 4.69) is 34.3 Å². The number of nitrogens with one attached hydrogen (secondary N) is 1. The van der Waals surface area contributed by atoms with Crippen molar-refractivity contribution in [2.75, 3.05) is 18.4 Å². The Balaban J connectivity index is 1.57. The molecule has 1 aromatic heterocycles. The number of aromatic nitrogens is 2. The summed E-state index contributed by atoms with van der Waals surface area (Å²) in [6, 6.07) is 12.4. The monoisotopic (exact) mass is 338 g/mol. The van der Waals surface area contributed by atoms with Crippen molar-refractivity contribution >= 4 is 11.7 Å². The lowest BCUT2D eigenvalue weighted by Crippen LogP contribution is -2.44. The third-order valence-corrected chi connectivity index (χ3v) is 4.84. The molecule has 0 unspecified atom stereocenters. The fourth-order valence-electron chi connectivity index (χ4n) is 3.45. The van der Waals surface area contributed by atoms with Crippen molar-refractivity contribution < 1.29 is 4.79 Å². The molecule has 0 bridgehead atoms. The molecule has 0 aliphatic carbocycles. The third kappa shape index (κ3) is 4.35. The first-order valence-corrected chi connectivity index (χ1v) is 9.07. The van der Waals surface area contributed by atoms with Gasteiger partial charge in [-0.3, -0.25) is 4.79 Å². The molecule has 1 aliphatic rings. The summed E-state index contributed by atoms with van der Waals surface area (Å²) in [6.07, 6.45) is 4.50. The van der Waals surface area contributed by atoms with Crippen LogP contribution in [0.4, 0.5) is 5.82 Å². The second kappa shape index (κ2) is 8.10. The molecule has 1 saturated heterocycles. The topological polar surface area (TPSA) is 58.1 Å². The zero-order valence-electron chi connectivity index (χ0n) is 15.0. The van der Waals surface area contributed by atoms with Crippen LogP contribution in [-0.4, -0.2) is 39.9 Å². The fourth-order valence-corrected chi connectivity index (χ4v) is 3.45. The first-order chi connectivity index (χ1) is 12.2. The quantitative estimate of drug-likeness (QED) is 0.908. The Hall–Kier alpha value is -2.43. The number of anilines is 1. The van der Waals surface area contributed by atoms with Gasteiger partial charge in [0.2, 0.25) is 5.91 Å². The highest BCUT2D eigenvalue weighted by Gasteiger charge is 2.28. The summed E-state index contributed by atoms with van der Waals surface area (Å²) in [5, 5.41) is 3.47. The van der Waals surface area contributed by atoms with Crippen LogP contribution in [0.2, 0.25) is 0 Å². The Bertz CT molecular complexity index is 696. The van der Waals surface area contributed by atoms with Crippen molar-refractivity contribution in [2.45, 2.75) is 45.1 Å². The van der Waals surface area contributed by atoms with Crippen LogP contribution in [0.3, 0.4) is 0 Å². The Morgan fingerprint density at radius 3 is 2.60 bits per heavy atom. The molecule has 2 aromatic rings. The number of likely N-dealkylation sites (tertiary alicyclic amines) is 1. The number of rotatable bonds is 5. The van der Waals surface area contributed by atoms with Gasteiger partial charge in [-0.15, -0.1) is 0 Å². The van der Waals surface area contributed by atoms with Crippen molar-refractivity contribution in [2.24, 2.45) is 0 Å². The standard InChI is InChI=1S/C20H26N4O/c1-3-18(16-7-5-4-6-8-16)20(25)24-13-10-17(11-14-24)23-19-9-12-21-15(2)22-19/h4-9,12,17-18H,3,10-11,13-14H2,1-2H3,(H,21,22,23)/t18-/m0/s1. The van der Waals surface area contributed by atoms with Crippen LogP contribution in [0.15, 0.2) is 42.6 Å².